The lowest BCUT2D eigenvalue weighted by Crippen LogP contribution is -2.37. The van der Waals surface area contributed by atoms with E-state index in [9.17, 15) is 9.59 Å². The Bertz CT molecular complexity index is 556. The van der Waals surface area contributed by atoms with Crippen molar-refractivity contribution in [2.45, 2.75) is 38.5 Å². The summed E-state index contributed by atoms with van der Waals surface area (Å²) in [4.78, 5) is 26.8. The normalized spacial score (nSPS) is 21.8. The molecular formula is C19H27N3O2. The van der Waals surface area contributed by atoms with Gasteiger partial charge in [-0.3, -0.25) is 9.59 Å². The van der Waals surface area contributed by atoms with Gasteiger partial charge in [0, 0.05) is 30.9 Å². The first-order valence-corrected chi connectivity index (χ1v) is 9.15. The van der Waals surface area contributed by atoms with Gasteiger partial charge in [0.1, 0.15) is 0 Å². The molecule has 2 heterocycles. The second-order valence-electron chi connectivity index (χ2n) is 6.82. The number of likely N-dealkylation sites (tertiary alicyclic amines) is 1. The maximum atomic E-state index is 12.6. The van der Waals surface area contributed by atoms with Crippen molar-refractivity contribution in [3.63, 3.8) is 0 Å². The molecule has 0 spiro atoms. The number of piperidine rings is 1. The third kappa shape index (κ3) is 4.35. The van der Waals surface area contributed by atoms with Crippen molar-refractivity contribution in [1.29, 1.82) is 0 Å². The van der Waals surface area contributed by atoms with Gasteiger partial charge in [-0.05, 0) is 56.5 Å². The Morgan fingerprint density at radius 2 is 1.71 bits per heavy atom. The Morgan fingerprint density at radius 1 is 1.00 bits per heavy atom. The average molecular weight is 329 g/mol. The largest absolute Gasteiger partial charge is 0.339 e. The Balaban J connectivity index is 1.58. The van der Waals surface area contributed by atoms with Crippen molar-refractivity contribution in [1.82, 2.24) is 10.2 Å². The SMILES string of the molecule is O=C(Nc1ccc(C(=O)N2CCCCCC2)cc1)C1CCCNC1. The summed E-state index contributed by atoms with van der Waals surface area (Å²) in [7, 11) is 0. The summed E-state index contributed by atoms with van der Waals surface area (Å²) >= 11 is 0. The van der Waals surface area contributed by atoms with Crippen molar-refractivity contribution >= 4 is 17.5 Å². The highest BCUT2D eigenvalue weighted by Crippen LogP contribution is 2.17. The molecule has 5 nitrogen and oxygen atoms in total. The van der Waals surface area contributed by atoms with Crippen LogP contribution in [0.15, 0.2) is 24.3 Å². The van der Waals surface area contributed by atoms with E-state index >= 15 is 0 Å². The van der Waals surface area contributed by atoms with Gasteiger partial charge in [-0.15, -0.1) is 0 Å². The number of benzene rings is 1. The van der Waals surface area contributed by atoms with Crippen molar-refractivity contribution in [3.05, 3.63) is 29.8 Å². The fourth-order valence-electron chi connectivity index (χ4n) is 3.47. The van der Waals surface area contributed by atoms with Crippen LogP contribution in [-0.4, -0.2) is 42.9 Å². The minimum atomic E-state index is 0.0390. The lowest BCUT2D eigenvalue weighted by atomic mass is 9.99. The van der Waals surface area contributed by atoms with Crippen molar-refractivity contribution < 1.29 is 9.59 Å². The van der Waals surface area contributed by atoms with Gasteiger partial charge in [0.25, 0.3) is 5.91 Å². The molecule has 130 valence electrons. The average Bonchev–Trinajstić information content (AvgIpc) is 2.92. The van der Waals surface area contributed by atoms with E-state index in [-0.39, 0.29) is 17.7 Å². The van der Waals surface area contributed by atoms with E-state index in [2.05, 4.69) is 10.6 Å². The zero-order valence-electron chi connectivity index (χ0n) is 14.2. The molecule has 1 unspecified atom stereocenters. The number of carbonyl (C=O) groups is 2. The maximum absolute atomic E-state index is 12.6. The highest BCUT2D eigenvalue weighted by atomic mass is 16.2. The minimum absolute atomic E-state index is 0.0390. The van der Waals surface area contributed by atoms with Crippen molar-refractivity contribution in [2.24, 2.45) is 5.92 Å². The lowest BCUT2D eigenvalue weighted by Gasteiger charge is -2.22. The van der Waals surface area contributed by atoms with E-state index in [1.807, 2.05) is 29.2 Å². The number of amides is 2. The van der Waals surface area contributed by atoms with Gasteiger partial charge in [0.2, 0.25) is 5.91 Å². The van der Waals surface area contributed by atoms with Crippen LogP contribution in [0.1, 0.15) is 48.9 Å². The number of rotatable bonds is 3. The summed E-state index contributed by atoms with van der Waals surface area (Å²) in [6, 6.07) is 7.31. The Hall–Kier alpha value is -1.88. The summed E-state index contributed by atoms with van der Waals surface area (Å²) < 4.78 is 0. The molecule has 1 atom stereocenters. The summed E-state index contributed by atoms with van der Waals surface area (Å²) in [5.41, 5.74) is 1.47. The third-order valence-electron chi connectivity index (χ3n) is 4.96. The Kier molecular flexibility index (Phi) is 5.86. The van der Waals surface area contributed by atoms with Gasteiger partial charge in [0.15, 0.2) is 0 Å². The standard InChI is InChI=1S/C19H27N3O2/c23-18(16-6-5-11-20-14-16)21-17-9-7-15(8-10-17)19(24)22-12-3-1-2-4-13-22/h7-10,16,20H,1-6,11-14H2,(H,21,23). The molecule has 0 aliphatic carbocycles. The second-order valence-corrected chi connectivity index (χ2v) is 6.82. The molecule has 5 heteroatoms. The van der Waals surface area contributed by atoms with Crippen LogP contribution in [0.25, 0.3) is 0 Å². The molecule has 1 aromatic rings. The summed E-state index contributed by atoms with van der Waals surface area (Å²) in [6.07, 6.45) is 6.59. The summed E-state index contributed by atoms with van der Waals surface area (Å²) in [5, 5.41) is 6.22. The van der Waals surface area contributed by atoms with Gasteiger partial charge < -0.3 is 15.5 Å². The molecule has 2 aliphatic heterocycles. The number of nitrogens with one attached hydrogen (secondary N) is 2. The molecule has 3 rings (SSSR count). The van der Waals surface area contributed by atoms with Gasteiger partial charge in [0.05, 0.1) is 5.92 Å². The molecule has 2 amide bonds. The minimum Gasteiger partial charge on any atom is -0.339 e. The lowest BCUT2D eigenvalue weighted by molar-refractivity contribution is -0.120. The molecule has 2 N–H and O–H groups in total. The van der Waals surface area contributed by atoms with Crippen molar-refractivity contribution in [3.8, 4) is 0 Å². The quantitative estimate of drug-likeness (QED) is 0.896. The zero-order chi connectivity index (χ0) is 16.8. The van der Waals surface area contributed by atoms with E-state index < -0.39 is 0 Å². The molecule has 24 heavy (non-hydrogen) atoms. The van der Waals surface area contributed by atoms with E-state index in [1.165, 1.54) is 12.8 Å². The molecule has 0 radical (unpaired) electrons. The van der Waals surface area contributed by atoms with E-state index in [1.54, 1.807) is 0 Å². The zero-order valence-corrected chi connectivity index (χ0v) is 14.2. The topological polar surface area (TPSA) is 61.4 Å². The first kappa shape index (κ1) is 17.0. The van der Waals surface area contributed by atoms with Gasteiger partial charge in [-0.2, -0.15) is 0 Å². The second kappa shape index (κ2) is 8.29. The maximum Gasteiger partial charge on any atom is 0.253 e. The fourth-order valence-corrected chi connectivity index (χ4v) is 3.47. The Labute approximate surface area is 143 Å². The Morgan fingerprint density at radius 3 is 2.33 bits per heavy atom. The van der Waals surface area contributed by atoms with Crippen LogP contribution in [0, 0.1) is 5.92 Å². The predicted molar refractivity (Wildman–Crippen MR) is 95.0 cm³/mol. The highest BCUT2D eigenvalue weighted by molar-refractivity contribution is 5.96. The molecule has 0 saturated carbocycles. The smallest absolute Gasteiger partial charge is 0.253 e. The number of nitrogens with zero attached hydrogens (tertiary/aromatic N) is 1. The molecule has 1 aromatic carbocycles. The summed E-state index contributed by atoms with van der Waals surface area (Å²) in [5.74, 6) is 0.206. The molecular weight excluding hydrogens is 302 g/mol. The van der Waals surface area contributed by atoms with Gasteiger partial charge in [-0.1, -0.05) is 12.8 Å². The first-order valence-electron chi connectivity index (χ1n) is 9.15. The molecule has 2 aliphatic rings. The van der Waals surface area contributed by atoms with E-state index in [0.29, 0.717) is 5.56 Å². The van der Waals surface area contributed by atoms with Crippen LogP contribution >= 0.6 is 0 Å². The van der Waals surface area contributed by atoms with Gasteiger partial charge >= 0.3 is 0 Å². The molecule has 0 aromatic heterocycles. The first-order chi connectivity index (χ1) is 11.7. The summed E-state index contributed by atoms with van der Waals surface area (Å²) in [6.45, 7) is 3.45. The van der Waals surface area contributed by atoms with Crippen LogP contribution in [-0.2, 0) is 4.79 Å². The van der Waals surface area contributed by atoms with Crippen LogP contribution in [0.4, 0.5) is 5.69 Å². The van der Waals surface area contributed by atoms with Crippen molar-refractivity contribution in [2.75, 3.05) is 31.5 Å². The van der Waals surface area contributed by atoms with Gasteiger partial charge in [-0.25, -0.2) is 0 Å². The van der Waals surface area contributed by atoms with Crippen LogP contribution < -0.4 is 10.6 Å². The molecule has 2 fully saturated rings. The predicted octanol–water partition coefficient (Wildman–Crippen LogP) is 2.64. The molecule has 0 bridgehead atoms. The monoisotopic (exact) mass is 329 g/mol. The van der Waals surface area contributed by atoms with Crippen LogP contribution in [0.2, 0.25) is 0 Å². The molecule has 2 saturated heterocycles. The van der Waals surface area contributed by atoms with E-state index in [4.69, 9.17) is 0 Å². The van der Waals surface area contributed by atoms with Crippen LogP contribution in [0.3, 0.4) is 0 Å². The number of hydrogen-bond donors (Lipinski definition) is 2. The highest BCUT2D eigenvalue weighted by Gasteiger charge is 2.21. The van der Waals surface area contributed by atoms with E-state index in [0.717, 1.165) is 57.5 Å². The number of carbonyl (C=O) groups excluding carboxylic acids is 2. The fraction of sp³-hybridized carbons (Fsp3) is 0.579. The van der Waals surface area contributed by atoms with Crippen LogP contribution in [0.5, 0.6) is 0 Å². The number of hydrogen-bond acceptors (Lipinski definition) is 3. The third-order valence-corrected chi connectivity index (χ3v) is 4.96. The number of anilines is 1.